The SMILES string of the molecule is NC1=NC(c2cccc3cccnc23)CO1. The zero-order valence-corrected chi connectivity index (χ0v) is 8.63. The third-order valence-corrected chi connectivity index (χ3v) is 2.70. The number of hydrogen-bond acceptors (Lipinski definition) is 4. The van der Waals surface area contributed by atoms with Crippen LogP contribution < -0.4 is 5.73 Å². The van der Waals surface area contributed by atoms with Crippen LogP contribution in [0.25, 0.3) is 10.9 Å². The predicted molar refractivity (Wildman–Crippen MR) is 62.1 cm³/mol. The van der Waals surface area contributed by atoms with Crippen molar-refractivity contribution in [2.75, 3.05) is 6.61 Å². The Labute approximate surface area is 92.8 Å². The molecule has 1 aliphatic heterocycles. The molecule has 4 nitrogen and oxygen atoms in total. The first-order valence-corrected chi connectivity index (χ1v) is 5.14. The summed E-state index contributed by atoms with van der Waals surface area (Å²) in [5, 5.41) is 1.11. The average molecular weight is 213 g/mol. The van der Waals surface area contributed by atoms with Crippen molar-refractivity contribution in [1.29, 1.82) is 0 Å². The van der Waals surface area contributed by atoms with E-state index in [1.54, 1.807) is 6.20 Å². The lowest BCUT2D eigenvalue weighted by Crippen LogP contribution is -2.10. The topological polar surface area (TPSA) is 60.5 Å². The monoisotopic (exact) mass is 213 g/mol. The second kappa shape index (κ2) is 3.48. The molecule has 3 rings (SSSR count). The van der Waals surface area contributed by atoms with E-state index in [0.29, 0.717) is 6.61 Å². The maximum atomic E-state index is 5.51. The van der Waals surface area contributed by atoms with Gasteiger partial charge in [-0.25, -0.2) is 4.99 Å². The summed E-state index contributed by atoms with van der Waals surface area (Å²) in [4.78, 5) is 8.63. The summed E-state index contributed by atoms with van der Waals surface area (Å²) in [5.74, 6) is 0. The minimum absolute atomic E-state index is 0.0291. The number of aromatic nitrogens is 1. The van der Waals surface area contributed by atoms with E-state index < -0.39 is 0 Å². The van der Waals surface area contributed by atoms with Gasteiger partial charge >= 0.3 is 0 Å². The Morgan fingerprint density at radius 1 is 1.25 bits per heavy atom. The van der Waals surface area contributed by atoms with Gasteiger partial charge in [-0.05, 0) is 6.07 Å². The van der Waals surface area contributed by atoms with Gasteiger partial charge in [-0.1, -0.05) is 24.3 Å². The Hall–Kier alpha value is -2.10. The Morgan fingerprint density at radius 2 is 2.12 bits per heavy atom. The number of fused-ring (bicyclic) bond motifs is 1. The van der Waals surface area contributed by atoms with Gasteiger partial charge in [-0.15, -0.1) is 0 Å². The summed E-state index contributed by atoms with van der Waals surface area (Å²) >= 11 is 0. The maximum absolute atomic E-state index is 5.51. The van der Waals surface area contributed by atoms with Gasteiger partial charge in [0.2, 0.25) is 0 Å². The quantitative estimate of drug-likeness (QED) is 0.783. The number of para-hydroxylation sites is 1. The summed E-state index contributed by atoms with van der Waals surface area (Å²) in [6.45, 7) is 0.502. The molecule has 80 valence electrons. The van der Waals surface area contributed by atoms with Gasteiger partial charge < -0.3 is 10.5 Å². The Morgan fingerprint density at radius 3 is 2.94 bits per heavy atom. The number of ether oxygens (including phenoxy) is 1. The minimum atomic E-state index is -0.0291. The Bertz CT molecular complexity index is 560. The molecule has 0 fully saturated rings. The van der Waals surface area contributed by atoms with Crippen LogP contribution >= 0.6 is 0 Å². The molecule has 1 aromatic heterocycles. The van der Waals surface area contributed by atoms with Crippen molar-refractivity contribution in [3.8, 4) is 0 Å². The molecule has 0 amide bonds. The molecule has 16 heavy (non-hydrogen) atoms. The van der Waals surface area contributed by atoms with Gasteiger partial charge in [0.05, 0.1) is 5.52 Å². The van der Waals surface area contributed by atoms with E-state index in [1.165, 1.54) is 0 Å². The van der Waals surface area contributed by atoms with E-state index in [4.69, 9.17) is 10.5 Å². The first kappa shape index (κ1) is 9.15. The summed E-state index contributed by atoms with van der Waals surface area (Å²) in [7, 11) is 0. The van der Waals surface area contributed by atoms with Crippen molar-refractivity contribution >= 4 is 16.9 Å². The summed E-state index contributed by atoms with van der Waals surface area (Å²) in [5.41, 5.74) is 7.55. The number of benzene rings is 1. The van der Waals surface area contributed by atoms with E-state index in [1.807, 2.05) is 30.3 Å². The molecule has 0 spiro atoms. The molecule has 4 heteroatoms. The molecular weight excluding hydrogens is 202 g/mol. The van der Waals surface area contributed by atoms with E-state index in [-0.39, 0.29) is 12.1 Å². The predicted octanol–water partition coefficient (Wildman–Crippen LogP) is 1.62. The first-order valence-electron chi connectivity index (χ1n) is 5.14. The van der Waals surface area contributed by atoms with E-state index in [2.05, 4.69) is 9.98 Å². The number of rotatable bonds is 1. The lowest BCUT2D eigenvalue weighted by atomic mass is 10.0. The molecule has 2 N–H and O–H groups in total. The fourth-order valence-electron chi connectivity index (χ4n) is 1.95. The van der Waals surface area contributed by atoms with Gasteiger partial charge in [0.25, 0.3) is 6.02 Å². The zero-order valence-electron chi connectivity index (χ0n) is 8.63. The number of nitrogens with zero attached hydrogens (tertiary/aromatic N) is 2. The molecule has 0 aliphatic carbocycles. The third kappa shape index (κ3) is 1.39. The molecule has 0 saturated carbocycles. The van der Waals surface area contributed by atoms with Crippen LogP contribution in [0.3, 0.4) is 0 Å². The summed E-state index contributed by atoms with van der Waals surface area (Å²) < 4.78 is 5.17. The largest absolute Gasteiger partial charge is 0.463 e. The highest BCUT2D eigenvalue weighted by Crippen LogP contribution is 2.27. The van der Waals surface area contributed by atoms with Crippen molar-refractivity contribution in [2.24, 2.45) is 10.7 Å². The van der Waals surface area contributed by atoms with Gasteiger partial charge in [0, 0.05) is 17.1 Å². The number of amidine groups is 1. The normalized spacial score (nSPS) is 19.5. The second-order valence-electron chi connectivity index (χ2n) is 3.72. The van der Waals surface area contributed by atoms with Gasteiger partial charge in [-0.3, -0.25) is 4.98 Å². The molecule has 1 unspecified atom stereocenters. The highest BCUT2D eigenvalue weighted by atomic mass is 16.5. The second-order valence-corrected chi connectivity index (χ2v) is 3.72. The Kier molecular flexibility index (Phi) is 1.99. The van der Waals surface area contributed by atoms with Crippen LogP contribution in [0.4, 0.5) is 0 Å². The van der Waals surface area contributed by atoms with E-state index >= 15 is 0 Å². The van der Waals surface area contributed by atoms with Crippen LogP contribution in [0.1, 0.15) is 11.6 Å². The molecule has 0 radical (unpaired) electrons. The van der Waals surface area contributed by atoms with E-state index in [9.17, 15) is 0 Å². The van der Waals surface area contributed by atoms with Gasteiger partial charge in [0.1, 0.15) is 12.6 Å². The highest BCUT2D eigenvalue weighted by molar-refractivity contribution is 5.83. The number of nitrogens with two attached hydrogens (primary N) is 1. The third-order valence-electron chi connectivity index (χ3n) is 2.70. The fraction of sp³-hybridized carbons (Fsp3) is 0.167. The number of pyridine rings is 1. The highest BCUT2D eigenvalue weighted by Gasteiger charge is 2.20. The van der Waals surface area contributed by atoms with Crippen molar-refractivity contribution in [2.45, 2.75) is 6.04 Å². The maximum Gasteiger partial charge on any atom is 0.282 e. The van der Waals surface area contributed by atoms with Gasteiger partial charge in [0.15, 0.2) is 0 Å². The molecule has 1 aromatic carbocycles. The smallest absolute Gasteiger partial charge is 0.282 e. The molecule has 0 bridgehead atoms. The van der Waals surface area contributed by atoms with Crippen LogP contribution in [0, 0.1) is 0 Å². The first-order chi connectivity index (χ1) is 7.84. The average Bonchev–Trinajstić information content (AvgIpc) is 2.75. The lowest BCUT2D eigenvalue weighted by molar-refractivity contribution is 0.315. The number of hydrogen-bond donors (Lipinski definition) is 1. The Balaban J connectivity index is 2.17. The summed E-state index contributed by atoms with van der Waals surface area (Å²) in [6, 6.07) is 10.3. The van der Waals surface area contributed by atoms with Crippen molar-refractivity contribution in [3.05, 3.63) is 42.1 Å². The molecule has 2 heterocycles. The minimum Gasteiger partial charge on any atom is -0.463 e. The van der Waals surface area contributed by atoms with Crippen molar-refractivity contribution < 1.29 is 4.74 Å². The molecule has 2 aromatic rings. The molecule has 1 aliphatic rings. The van der Waals surface area contributed by atoms with Crippen LogP contribution in [-0.2, 0) is 4.74 Å². The van der Waals surface area contributed by atoms with Crippen LogP contribution in [-0.4, -0.2) is 17.6 Å². The standard InChI is InChI=1S/C12H11N3O/c13-12-15-10(7-16-12)9-5-1-3-8-4-2-6-14-11(8)9/h1-6,10H,7H2,(H2,13,15). The molecule has 1 atom stereocenters. The van der Waals surface area contributed by atoms with Crippen molar-refractivity contribution in [3.63, 3.8) is 0 Å². The van der Waals surface area contributed by atoms with Crippen LogP contribution in [0.5, 0.6) is 0 Å². The fourth-order valence-corrected chi connectivity index (χ4v) is 1.95. The summed E-state index contributed by atoms with van der Waals surface area (Å²) in [6.07, 6.45) is 1.79. The van der Waals surface area contributed by atoms with Crippen molar-refractivity contribution in [1.82, 2.24) is 4.98 Å². The van der Waals surface area contributed by atoms with Gasteiger partial charge in [-0.2, -0.15) is 0 Å². The number of aliphatic imine (C=N–C) groups is 1. The van der Waals surface area contributed by atoms with Crippen LogP contribution in [0.2, 0.25) is 0 Å². The lowest BCUT2D eigenvalue weighted by Gasteiger charge is -2.08. The molecule has 0 saturated heterocycles. The van der Waals surface area contributed by atoms with Crippen LogP contribution in [0.15, 0.2) is 41.5 Å². The molecular formula is C12H11N3O. The van der Waals surface area contributed by atoms with E-state index in [0.717, 1.165) is 16.5 Å². The zero-order chi connectivity index (χ0) is 11.0.